The highest BCUT2D eigenvalue weighted by Crippen LogP contribution is 2.28. The van der Waals surface area contributed by atoms with E-state index < -0.39 is 0 Å². The summed E-state index contributed by atoms with van der Waals surface area (Å²) in [5.41, 5.74) is 2.92. The number of amides is 2. The Bertz CT molecular complexity index is 977. The molecule has 1 aromatic carbocycles. The number of likely N-dealkylation sites (tertiary alicyclic amines) is 1. The van der Waals surface area contributed by atoms with Gasteiger partial charge in [0.05, 0.1) is 18.8 Å². The lowest BCUT2D eigenvalue weighted by Crippen LogP contribution is -2.39. The third-order valence-electron chi connectivity index (χ3n) is 5.74. The summed E-state index contributed by atoms with van der Waals surface area (Å²) in [6.07, 6.45) is 0.468. The molecule has 0 unspecified atom stereocenters. The van der Waals surface area contributed by atoms with Crippen molar-refractivity contribution in [2.75, 3.05) is 57.6 Å². The van der Waals surface area contributed by atoms with Crippen LogP contribution in [0.5, 0.6) is 0 Å². The van der Waals surface area contributed by atoms with Crippen LogP contribution in [0.1, 0.15) is 36.3 Å². The van der Waals surface area contributed by atoms with E-state index in [1.807, 2.05) is 82.2 Å². The molecule has 2 aromatic rings. The van der Waals surface area contributed by atoms with E-state index in [0.29, 0.717) is 31.9 Å². The van der Waals surface area contributed by atoms with Crippen LogP contribution in [0.15, 0.2) is 30.3 Å². The number of benzene rings is 1. The number of likely N-dealkylation sites (N-methyl/N-ethyl adjacent to an activating group) is 3. The first-order valence-corrected chi connectivity index (χ1v) is 11.0. The zero-order valence-corrected chi connectivity index (χ0v) is 20.0. The topological polar surface area (TPSA) is 72.9 Å². The van der Waals surface area contributed by atoms with E-state index in [4.69, 9.17) is 4.98 Å². The molecule has 1 atom stereocenters. The fraction of sp³-hybridized carbons (Fsp3) is 0.500. The summed E-state index contributed by atoms with van der Waals surface area (Å²) in [6, 6.07) is 9.94. The van der Waals surface area contributed by atoms with Gasteiger partial charge in [-0.3, -0.25) is 14.5 Å². The molecule has 8 nitrogen and oxygen atoms in total. The van der Waals surface area contributed by atoms with Gasteiger partial charge in [0.2, 0.25) is 11.8 Å². The zero-order chi connectivity index (χ0) is 23.4. The van der Waals surface area contributed by atoms with E-state index >= 15 is 0 Å². The molecule has 2 heterocycles. The van der Waals surface area contributed by atoms with Crippen LogP contribution in [-0.4, -0.2) is 79.4 Å². The fourth-order valence-corrected chi connectivity index (χ4v) is 3.99. The first-order chi connectivity index (χ1) is 15.2. The number of aryl methyl sites for hydroxylation is 1. The standard InChI is InChI=1S/C24H34N6O2/c1-7-30(19-10-8-9-17(2)11-19)24(32)16-28(5)15-21-25-20(13-22(26-21)27(3)4)18-12-23(31)29(6)14-18/h8-11,13,18H,7,12,14-16H2,1-6H3/t18-/m1/s1. The number of carbonyl (C=O) groups is 2. The minimum atomic E-state index is 0.0348. The maximum Gasteiger partial charge on any atom is 0.241 e. The van der Waals surface area contributed by atoms with Crippen molar-refractivity contribution in [1.82, 2.24) is 19.8 Å². The van der Waals surface area contributed by atoms with Gasteiger partial charge in [-0.15, -0.1) is 0 Å². The molecule has 0 aliphatic carbocycles. The van der Waals surface area contributed by atoms with Crippen LogP contribution in [0, 0.1) is 6.92 Å². The predicted octanol–water partition coefficient (Wildman–Crippen LogP) is 2.28. The maximum absolute atomic E-state index is 13.0. The molecular weight excluding hydrogens is 404 g/mol. The molecule has 32 heavy (non-hydrogen) atoms. The van der Waals surface area contributed by atoms with Gasteiger partial charge in [-0.25, -0.2) is 9.97 Å². The van der Waals surface area contributed by atoms with Crippen LogP contribution >= 0.6 is 0 Å². The summed E-state index contributed by atoms with van der Waals surface area (Å²) in [6.45, 7) is 5.99. The van der Waals surface area contributed by atoms with Crippen molar-refractivity contribution < 1.29 is 9.59 Å². The summed E-state index contributed by atoms with van der Waals surface area (Å²) < 4.78 is 0. The lowest BCUT2D eigenvalue weighted by molar-refractivity contribution is -0.126. The Hall–Kier alpha value is -3.00. The lowest BCUT2D eigenvalue weighted by atomic mass is 10.0. The van der Waals surface area contributed by atoms with Crippen LogP contribution < -0.4 is 9.80 Å². The zero-order valence-electron chi connectivity index (χ0n) is 20.0. The van der Waals surface area contributed by atoms with E-state index in [9.17, 15) is 9.59 Å². The van der Waals surface area contributed by atoms with Gasteiger partial charge in [0.1, 0.15) is 11.6 Å². The number of aromatic nitrogens is 2. The molecule has 1 saturated heterocycles. The van der Waals surface area contributed by atoms with E-state index in [1.54, 1.807) is 9.80 Å². The molecule has 1 aliphatic heterocycles. The first-order valence-electron chi connectivity index (χ1n) is 11.0. The molecule has 2 amide bonds. The summed E-state index contributed by atoms with van der Waals surface area (Å²) in [4.78, 5) is 41.9. The van der Waals surface area contributed by atoms with Crippen molar-refractivity contribution in [2.45, 2.75) is 32.7 Å². The molecule has 1 aromatic heterocycles. The summed E-state index contributed by atoms with van der Waals surface area (Å²) >= 11 is 0. The minimum absolute atomic E-state index is 0.0348. The van der Waals surface area contributed by atoms with Crippen molar-refractivity contribution in [1.29, 1.82) is 0 Å². The number of rotatable bonds is 8. The van der Waals surface area contributed by atoms with Gasteiger partial charge in [0, 0.05) is 58.3 Å². The smallest absolute Gasteiger partial charge is 0.241 e. The quantitative estimate of drug-likeness (QED) is 0.630. The van der Waals surface area contributed by atoms with Crippen molar-refractivity contribution in [2.24, 2.45) is 0 Å². The van der Waals surface area contributed by atoms with Gasteiger partial charge in [0.15, 0.2) is 0 Å². The molecule has 3 rings (SSSR count). The summed E-state index contributed by atoms with van der Waals surface area (Å²) in [5, 5.41) is 0. The second-order valence-corrected chi connectivity index (χ2v) is 8.79. The van der Waals surface area contributed by atoms with Crippen molar-refractivity contribution in [3.8, 4) is 0 Å². The SMILES string of the molecule is CCN(C(=O)CN(C)Cc1nc([C@@H]2CC(=O)N(C)C2)cc(N(C)C)n1)c1cccc(C)c1. The van der Waals surface area contributed by atoms with E-state index in [0.717, 1.165) is 22.8 Å². The molecule has 0 N–H and O–H groups in total. The van der Waals surface area contributed by atoms with Gasteiger partial charge in [-0.05, 0) is 38.6 Å². The van der Waals surface area contributed by atoms with E-state index in [2.05, 4.69) is 4.98 Å². The Morgan fingerprint density at radius 1 is 1.19 bits per heavy atom. The highest BCUT2D eigenvalue weighted by molar-refractivity contribution is 5.94. The molecule has 1 fully saturated rings. The second-order valence-electron chi connectivity index (χ2n) is 8.79. The Balaban J connectivity index is 1.74. The molecule has 1 aliphatic rings. The molecule has 0 bridgehead atoms. The number of hydrogen-bond donors (Lipinski definition) is 0. The van der Waals surface area contributed by atoms with Gasteiger partial charge in [-0.2, -0.15) is 0 Å². The maximum atomic E-state index is 13.0. The Labute approximate surface area is 190 Å². The van der Waals surface area contributed by atoms with Crippen LogP contribution in [0.2, 0.25) is 0 Å². The molecule has 0 radical (unpaired) electrons. The third kappa shape index (κ3) is 5.62. The van der Waals surface area contributed by atoms with Crippen LogP contribution in [0.4, 0.5) is 11.5 Å². The minimum Gasteiger partial charge on any atom is -0.363 e. The number of nitrogens with zero attached hydrogens (tertiary/aromatic N) is 6. The number of anilines is 2. The molecule has 172 valence electrons. The molecule has 0 spiro atoms. The average Bonchev–Trinajstić information content (AvgIpc) is 3.06. The van der Waals surface area contributed by atoms with Gasteiger partial charge >= 0.3 is 0 Å². The van der Waals surface area contributed by atoms with E-state index in [1.165, 1.54) is 0 Å². The lowest BCUT2D eigenvalue weighted by Gasteiger charge is -2.25. The normalized spacial score (nSPS) is 16.0. The molecule has 0 saturated carbocycles. The van der Waals surface area contributed by atoms with Gasteiger partial charge in [-0.1, -0.05) is 12.1 Å². The molecule has 8 heteroatoms. The number of carbonyl (C=O) groups excluding carboxylic acids is 2. The fourth-order valence-electron chi connectivity index (χ4n) is 3.99. The predicted molar refractivity (Wildman–Crippen MR) is 127 cm³/mol. The summed E-state index contributed by atoms with van der Waals surface area (Å²) in [5.74, 6) is 1.70. The van der Waals surface area contributed by atoms with Gasteiger partial charge < -0.3 is 14.7 Å². The Kier molecular flexibility index (Phi) is 7.45. The van der Waals surface area contributed by atoms with Crippen LogP contribution in [0.3, 0.4) is 0 Å². The Morgan fingerprint density at radius 2 is 1.94 bits per heavy atom. The van der Waals surface area contributed by atoms with Crippen molar-refractivity contribution >= 4 is 23.3 Å². The summed E-state index contributed by atoms with van der Waals surface area (Å²) in [7, 11) is 7.61. The highest BCUT2D eigenvalue weighted by Gasteiger charge is 2.30. The average molecular weight is 439 g/mol. The van der Waals surface area contributed by atoms with Gasteiger partial charge in [0.25, 0.3) is 0 Å². The van der Waals surface area contributed by atoms with E-state index in [-0.39, 0.29) is 24.3 Å². The Morgan fingerprint density at radius 3 is 2.53 bits per heavy atom. The van der Waals surface area contributed by atoms with Crippen LogP contribution in [0.25, 0.3) is 0 Å². The first kappa shape index (κ1) is 23.7. The van der Waals surface area contributed by atoms with Crippen molar-refractivity contribution in [3.05, 3.63) is 47.4 Å². The van der Waals surface area contributed by atoms with Crippen molar-refractivity contribution in [3.63, 3.8) is 0 Å². The van der Waals surface area contributed by atoms with Crippen LogP contribution in [-0.2, 0) is 16.1 Å². The second kappa shape index (κ2) is 10.1. The largest absolute Gasteiger partial charge is 0.363 e. The molecular formula is C24H34N6O2. The third-order valence-corrected chi connectivity index (χ3v) is 5.74. The number of hydrogen-bond acceptors (Lipinski definition) is 6. The monoisotopic (exact) mass is 438 g/mol. The highest BCUT2D eigenvalue weighted by atomic mass is 16.2.